The number of benzene rings is 2. The predicted molar refractivity (Wildman–Crippen MR) is 83.0 cm³/mol. The third kappa shape index (κ3) is 4.39. The molecule has 0 spiro atoms. The Kier molecular flexibility index (Phi) is 5.13. The molecule has 2 heteroatoms. The smallest absolute Gasteiger partial charge is 0.226 e. The van der Waals surface area contributed by atoms with E-state index in [0.717, 1.165) is 11.1 Å². The summed E-state index contributed by atoms with van der Waals surface area (Å²) in [4.78, 5) is 13.8. The van der Waals surface area contributed by atoms with Gasteiger partial charge < -0.3 is 4.90 Å². The number of hydrogen-bond acceptors (Lipinski definition) is 1. The van der Waals surface area contributed by atoms with Gasteiger partial charge in [-0.2, -0.15) is 0 Å². The van der Waals surface area contributed by atoms with Gasteiger partial charge >= 0.3 is 0 Å². The fourth-order valence-electron chi connectivity index (χ4n) is 1.96. The molecular formula is C18H19NO. The van der Waals surface area contributed by atoms with E-state index in [1.807, 2.05) is 79.9 Å². The van der Waals surface area contributed by atoms with E-state index < -0.39 is 0 Å². The van der Waals surface area contributed by atoms with Gasteiger partial charge in [-0.1, -0.05) is 72.8 Å². The first kappa shape index (κ1) is 14.1. The van der Waals surface area contributed by atoms with Gasteiger partial charge in [0.2, 0.25) is 5.91 Å². The molecule has 0 aliphatic rings. The Morgan fingerprint density at radius 3 is 2.25 bits per heavy atom. The highest BCUT2D eigenvalue weighted by Gasteiger charge is 2.06. The molecule has 2 aromatic rings. The molecule has 0 N–H and O–H groups in total. The monoisotopic (exact) mass is 265 g/mol. The number of hydrogen-bond donors (Lipinski definition) is 0. The Labute approximate surface area is 120 Å². The molecule has 0 atom stereocenters. The van der Waals surface area contributed by atoms with Crippen LogP contribution in [0, 0.1) is 0 Å². The highest BCUT2D eigenvalue weighted by molar-refractivity contribution is 5.78. The number of amides is 1. The summed E-state index contributed by atoms with van der Waals surface area (Å²) in [6.07, 6.45) is 4.33. The van der Waals surface area contributed by atoms with Crippen molar-refractivity contribution in [2.24, 2.45) is 0 Å². The molecule has 0 unspecified atom stereocenters. The molecule has 2 rings (SSSR count). The Balaban J connectivity index is 1.84. The van der Waals surface area contributed by atoms with Crippen LogP contribution in [0.25, 0.3) is 6.08 Å². The van der Waals surface area contributed by atoms with E-state index in [4.69, 9.17) is 0 Å². The molecule has 1 amide bonds. The maximum absolute atomic E-state index is 12.0. The van der Waals surface area contributed by atoms with E-state index in [1.165, 1.54) is 0 Å². The molecule has 2 nitrogen and oxygen atoms in total. The van der Waals surface area contributed by atoms with Crippen molar-refractivity contribution in [2.75, 3.05) is 7.05 Å². The van der Waals surface area contributed by atoms with Crippen LogP contribution in [0.2, 0.25) is 0 Å². The Morgan fingerprint density at radius 1 is 1.00 bits per heavy atom. The summed E-state index contributed by atoms with van der Waals surface area (Å²) in [7, 11) is 1.84. The van der Waals surface area contributed by atoms with E-state index in [9.17, 15) is 4.79 Å². The van der Waals surface area contributed by atoms with Crippen LogP contribution in [-0.2, 0) is 11.3 Å². The zero-order chi connectivity index (χ0) is 14.2. The maximum atomic E-state index is 12.0. The number of rotatable bonds is 5. The first-order chi connectivity index (χ1) is 9.75. The molecule has 0 heterocycles. The van der Waals surface area contributed by atoms with Crippen molar-refractivity contribution in [3.05, 3.63) is 77.9 Å². The number of nitrogens with zero attached hydrogens (tertiary/aromatic N) is 1. The molecule has 20 heavy (non-hydrogen) atoms. The van der Waals surface area contributed by atoms with Crippen molar-refractivity contribution in [1.29, 1.82) is 0 Å². The van der Waals surface area contributed by atoms with Gasteiger partial charge in [0.25, 0.3) is 0 Å². The van der Waals surface area contributed by atoms with Crippen molar-refractivity contribution >= 4 is 12.0 Å². The molecule has 0 fully saturated rings. The van der Waals surface area contributed by atoms with Gasteiger partial charge in [-0.15, -0.1) is 0 Å². The van der Waals surface area contributed by atoms with Gasteiger partial charge in [0.05, 0.1) is 0 Å². The molecule has 102 valence electrons. The van der Waals surface area contributed by atoms with E-state index in [0.29, 0.717) is 13.0 Å². The van der Waals surface area contributed by atoms with Crippen molar-refractivity contribution < 1.29 is 4.79 Å². The van der Waals surface area contributed by atoms with Crippen LogP contribution in [0.5, 0.6) is 0 Å². The van der Waals surface area contributed by atoms with Gasteiger partial charge in [-0.25, -0.2) is 0 Å². The van der Waals surface area contributed by atoms with E-state index in [2.05, 4.69) is 0 Å². The summed E-state index contributed by atoms with van der Waals surface area (Å²) in [5, 5.41) is 0. The number of carbonyl (C=O) groups excluding carboxylic acids is 1. The minimum absolute atomic E-state index is 0.126. The van der Waals surface area contributed by atoms with Crippen LogP contribution >= 0.6 is 0 Å². The lowest BCUT2D eigenvalue weighted by atomic mass is 10.2. The van der Waals surface area contributed by atoms with E-state index in [-0.39, 0.29) is 5.91 Å². The molecule has 0 radical (unpaired) electrons. The molecule has 0 bridgehead atoms. The van der Waals surface area contributed by atoms with E-state index in [1.54, 1.807) is 4.90 Å². The highest BCUT2D eigenvalue weighted by atomic mass is 16.2. The van der Waals surface area contributed by atoms with Crippen LogP contribution in [-0.4, -0.2) is 17.9 Å². The van der Waals surface area contributed by atoms with Gasteiger partial charge in [-0.3, -0.25) is 4.79 Å². The first-order valence-electron chi connectivity index (χ1n) is 6.75. The second-order valence-electron chi connectivity index (χ2n) is 4.75. The summed E-state index contributed by atoms with van der Waals surface area (Å²) in [6, 6.07) is 20.0. The maximum Gasteiger partial charge on any atom is 0.226 e. The third-order valence-corrected chi connectivity index (χ3v) is 3.09. The second-order valence-corrected chi connectivity index (χ2v) is 4.75. The summed E-state index contributed by atoms with van der Waals surface area (Å²) < 4.78 is 0. The van der Waals surface area contributed by atoms with Crippen LogP contribution in [0.15, 0.2) is 66.7 Å². The van der Waals surface area contributed by atoms with Gasteiger partial charge in [-0.05, 0) is 11.1 Å². The Hall–Kier alpha value is -2.35. The van der Waals surface area contributed by atoms with Gasteiger partial charge in [0.1, 0.15) is 0 Å². The number of carbonyl (C=O) groups is 1. The van der Waals surface area contributed by atoms with Crippen molar-refractivity contribution in [3.63, 3.8) is 0 Å². The Morgan fingerprint density at radius 2 is 1.60 bits per heavy atom. The van der Waals surface area contributed by atoms with Gasteiger partial charge in [0, 0.05) is 20.0 Å². The zero-order valence-corrected chi connectivity index (χ0v) is 11.7. The van der Waals surface area contributed by atoms with Crippen molar-refractivity contribution in [1.82, 2.24) is 4.90 Å². The van der Waals surface area contributed by atoms with E-state index >= 15 is 0 Å². The van der Waals surface area contributed by atoms with Crippen LogP contribution < -0.4 is 0 Å². The largest absolute Gasteiger partial charge is 0.341 e. The molecule has 2 aromatic carbocycles. The fraction of sp³-hybridized carbons (Fsp3) is 0.167. The molecule has 0 saturated carbocycles. The summed E-state index contributed by atoms with van der Waals surface area (Å²) in [5.74, 6) is 0.126. The van der Waals surface area contributed by atoms with Crippen LogP contribution in [0.3, 0.4) is 0 Å². The van der Waals surface area contributed by atoms with Crippen molar-refractivity contribution in [2.45, 2.75) is 13.0 Å². The molecule has 0 saturated heterocycles. The predicted octanol–water partition coefficient (Wildman–Crippen LogP) is 3.75. The van der Waals surface area contributed by atoms with Crippen LogP contribution in [0.4, 0.5) is 0 Å². The lowest BCUT2D eigenvalue weighted by molar-refractivity contribution is -0.129. The minimum Gasteiger partial charge on any atom is -0.341 e. The lowest BCUT2D eigenvalue weighted by Gasteiger charge is -2.16. The average Bonchev–Trinajstić information content (AvgIpc) is 2.49. The topological polar surface area (TPSA) is 20.3 Å². The average molecular weight is 265 g/mol. The third-order valence-electron chi connectivity index (χ3n) is 3.09. The SMILES string of the molecule is CN(Cc1ccccc1)C(=O)C/C=C/c1ccccc1. The standard InChI is InChI=1S/C18H19NO/c1-19(15-17-11-6-3-7-12-17)18(20)14-8-13-16-9-4-2-5-10-16/h2-13H,14-15H2,1H3/b13-8+. The molecular weight excluding hydrogens is 246 g/mol. The summed E-state index contributed by atoms with van der Waals surface area (Å²) >= 11 is 0. The van der Waals surface area contributed by atoms with Crippen LogP contribution in [0.1, 0.15) is 17.5 Å². The fourth-order valence-corrected chi connectivity index (χ4v) is 1.96. The highest BCUT2D eigenvalue weighted by Crippen LogP contribution is 2.06. The zero-order valence-electron chi connectivity index (χ0n) is 11.7. The molecule has 0 aliphatic carbocycles. The minimum atomic E-state index is 0.126. The molecule has 0 aromatic heterocycles. The summed E-state index contributed by atoms with van der Waals surface area (Å²) in [5.41, 5.74) is 2.27. The lowest BCUT2D eigenvalue weighted by Crippen LogP contribution is -2.25. The normalized spacial score (nSPS) is 10.7. The molecule has 0 aliphatic heterocycles. The van der Waals surface area contributed by atoms with Gasteiger partial charge in [0.15, 0.2) is 0 Å². The van der Waals surface area contributed by atoms with Crippen molar-refractivity contribution in [3.8, 4) is 0 Å². The quantitative estimate of drug-likeness (QED) is 0.806. The summed E-state index contributed by atoms with van der Waals surface area (Å²) in [6.45, 7) is 0.652. The second kappa shape index (κ2) is 7.29. The first-order valence-corrected chi connectivity index (χ1v) is 6.75. The Bertz CT molecular complexity index is 560.